The van der Waals surface area contributed by atoms with Crippen molar-refractivity contribution in [1.29, 1.82) is 0 Å². The topological polar surface area (TPSA) is 98.0 Å². The van der Waals surface area contributed by atoms with Crippen molar-refractivity contribution in [2.45, 2.75) is 6.92 Å². The van der Waals surface area contributed by atoms with Crippen molar-refractivity contribution < 1.29 is 28.6 Å². The van der Waals surface area contributed by atoms with E-state index in [0.717, 1.165) is 11.0 Å². The predicted octanol–water partition coefficient (Wildman–Crippen LogP) is 4.19. The Labute approximate surface area is 161 Å². The molecule has 0 radical (unpaired) electrons. The van der Waals surface area contributed by atoms with Crippen LogP contribution in [0.3, 0.4) is 0 Å². The van der Waals surface area contributed by atoms with Crippen molar-refractivity contribution in [3.05, 3.63) is 59.9 Å². The summed E-state index contributed by atoms with van der Waals surface area (Å²) in [5, 5.41) is 12.9. The third kappa shape index (κ3) is 3.83. The summed E-state index contributed by atoms with van der Waals surface area (Å²) in [6, 6.07) is 12.1. The van der Waals surface area contributed by atoms with Crippen LogP contribution in [0.2, 0.25) is 0 Å². The molecule has 0 bridgehead atoms. The van der Waals surface area contributed by atoms with Gasteiger partial charge in [-0.3, -0.25) is 4.79 Å². The number of carboxylic acid groups (broad SMARTS) is 1. The number of anilines is 1. The minimum absolute atomic E-state index is 0.101. The van der Waals surface area contributed by atoms with Crippen LogP contribution in [0.15, 0.2) is 53.0 Å². The highest BCUT2D eigenvalue weighted by atomic mass is 16.5. The zero-order valence-electron chi connectivity index (χ0n) is 15.6. The van der Waals surface area contributed by atoms with Gasteiger partial charge < -0.3 is 24.3 Å². The molecule has 0 saturated carbocycles. The summed E-state index contributed by atoms with van der Waals surface area (Å²) in [6.45, 7) is 1.74. The van der Waals surface area contributed by atoms with Crippen LogP contribution in [-0.4, -0.2) is 31.2 Å². The molecule has 2 aromatic carbocycles. The number of amides is 1. The summed E-state index contributed by atoms with van der Waals surface area (Å²) in [5.74, 6) is -0.572. The summed E-state index contributed by atoms with van der Waals surface area (Å²) < 4.78 is 16.0. The number of ether oxygens (including phenoxy) is 2. The van der Waals surface area contributed by atoms with Gasteiger partial charge >= 0.3 is 5.97 Å². The highest BCUT2D eigenvalue weighted by molar-refractivity contribution is 6.07. The first-order chi connectivity index (χ1) is 13.4. The van der Waals surface area contributed by atoms with Crippen molar-refractivity contribution in [1.82, 2.24) is 0 Å². The van der Waals surface area contributed by atoms with Crippen LogP contribution >= 0.6 is 0 Å². The molecule has 28 heavy (non-hydrogen) atoms. The van der Waals surface area contributed by atoms with Gasteiger partial charge in [-0.25, -0.2) is 4.79 Å². The van der Waals surface area contributed by atoms with Crippen LogP contribution in [0, 0.1) is 0 Å². The average molecular weight is 381 g/mol. The van der Waals surface area contributed by atoms with Crippen molar-refractivity contribution in [2.24, 2.45) is 0 Å². The molecule has 2 N–H and O–H groups in total. The number of carbonyl (C=O) groups excluding carboxylic acids is 1. The Balaban J connectivity index is 1.89. The van der Waals surface area contributed by atoms with E-state index in [1.54, 1.807) is 6.92 Å². The molecule has 0 aliphatic heterocycles. The van der Waals surface area contributed by atoms with E-state index in [9.17, 15) is 14.7 Å². The minimum atomic E-state index is -1.20. The fourth-order valence-corrected chi connectivity index (χ4v) is 2.77. The lowest BCUT2D eigenvalue weighted by Crippen LogP contribution is -2.13. The van der Waals surface area contributed by atoms with Gasteiger partial charge in [0.05, 0.1) is 25.5 Å². The number of nitrogens with one attached hydrogen (secondary N) is 1. The van der Waals surface area contributed by atoms with Gasteiger partial charge in [0.25, 0.3) is 0 Å². The van der Waals surface area contributed by atoms with Gasteiger partial charge in [0.15, 0.2) is 11.5 Å². The molecule has 144 valence electrons. The van der Waals surface area contributed by atoms with E-state index in [0.29, 0.717) is 17.1 Å². The number of hydrogen-bond donors (Lipinski definition) is 2. The standard InChI is InChI=1S/C21H19NO6/c1-12(17-9-13-6-4-5-7-16(13)28-17)8-20(23)22-15-11-19(27-3)18(26-2)10-14(15)21(24)25/h4-11H,1-3H3,(H,22,23)(H,24,25). The highest BCUT2D eigenvalue weighted by Gasteiger charge is 2.18. The van der Waals surface area contributed by atoms with Crippen LogP contribution in [0.25, 0.3) is 16.5 Å². The highest BCUT2D eigenvalue weighted by Crippen LogP contribution is 2.33. The molecule has 0 fully saturated rings. The molecular formula is C21H19NO6. The smallest absolute Gasteiger partial charge is 0.337 e. The predicted molar refractivity (Wildman–Crippen MR) is 105 cm³/mol. The Morgan fingerprint density at radius 1 is 1.07 bits per heavy atom. The van der Waals surface area contributed by atoms with Gasteiger partial charge in [0.1, 0.15) is 11.3 Å². The summed E-state index contributed by atoms with van der Waals surface area (Å²) in [5.41, 5.74) is 1.31. The van der Waals surface area contributed by atoms with Crippen LogP contribution in [-0.2, 0) is 4.79 Å². The van der Waals surface area contributed by atoms with Gasteiger partial charge in [-0.05, 0) is 24.6 Å². The third-order valence-corrected chi connectivity index (χ3v) is 4.17. The van der Waals surface area contributed by atoms with Crippen LogP contribution < -0.4 is 14.8 Å². The van der Waals surface area contributed by atoms with Crippen LogP contribution in [0.5, 0.6) is 11.5 Å². The molecule has 0 atom stereocenters. The lowest BCUT2D eigenvalue weighted by molar-refractivity contribution is -0.111. The number of fused-ring (bicyclic) bond motifs is 1. The Hall–Kier alpha value is -3.74. The summed E-state index contributed by atoms with van der Waals surface area (Å²) in [6.07, 6.45) is 1.35. The fraction of sp³-hybridized carbons (Fsp3) is 0.143. The number of allylic oxidation sites excluding steroid dienone is 1. The number of carbonyl (C=O) groups is 2. The second-order valence-corrected chi connectivity index (χ2v) is 6.02. The molecule has 1 aromatic heterocycles. The lowest BCUT2D eigenvalue weighted by Gasteiger charge is -2.13. The van der Waals surface area contributed by atoms with Gasteiger partial charge in [-0.15, -0.1) is 0 Å². The number of benzene rings is 2. The number of methoxy groups -OCH3 is 2. The largest absolute Gasteiger partial charge is 0.493 e. The minimum Gasteiger partial charge on any atom is -0.493 e. The SMILES string of the molecule is COc1cc(NC(=O)C=C(C)c2cc3ccccc3o2)c(C(=O)O)cc1OC. The second-order valence-electron chi connectivity index (χ2n) is 6.02. The Morgan fingerprint density at radius 3 is 2.39 bits per heavy atom. The Kier molecular flexibility index (Phi) is 5.35. The molecule has 0 aliphatic rings. The van der Waals surface area contributed by atoms with Crippen molar-refractivity contribution in [3.63, 3.8) is 0 Å². The summed E-state index contributed by atoms with van der Waals surface area (Å²) in [7, 11) is 2.83. The molecule has 3 aromatic rings. The van der Waals surface area contributed by atoms with E-state index in [4.69, 9.17) is 13.9 Å². The van der Waals surface area contributed by atoms with E-state index in [2.05, 4.69) is 5.32 Å². The van der Waals surface area contributed by atoms with E-state index in [1.807, 2.05) is 30.3 Å². The lowest BCUT2D eigenvalue weighted by atomic mass is 10.1. The van der Waals surface area contributed by atoms with Crippen LogP contribution in [0.1, 0.15) is 23.0 Å². The number of aromatic carboxylic acids is 1. The zero-order chi connectivity index (χ0) is 20.3. The first-order valence-electron chi connectivity index (χ1n) is 8.40. The number of para-hydroxylation sites is 1. The maximum Gasteiger partial charge on any atom is 0.337 e. The normalized spacial score (nSPS) is 11.3. The monoisotopic (exact) mass is 381 g/mol. The quantitative estimate of drug-likeness (QED) is 0.621. The summed E-state index contributed by atoms with van der Waals surface area (Å²) >= 11 is 0. The fourth-order valence-electron chi connectivity index (χ4n) is 2.77. The van der Waals surface area contributed by atoms with Crippen molar-refractivity contribution >= 4 is 34.1 Å². The molecule has 3 rings (SSSR count). The van der Waals surface area contributed by atoms with Gasteiger partial charge in [0.2, 0.25) is 5.91 Å². The maximum absolute atomic E-state index is 12.4. The molecule has 0 spiro atoms. The van der Waals surface area contributed by atoms with Gasteiger partial charge in [-0.2, -0.15) is 0 Å². The first kappa shape index (κ1) is 19.0. The average Bonchev–Trinajstić information content (AvgIpc) is 3.11. The number of furan rings is 1. The number of rotatable bonds is 6. The van der Waals surface area contributed by atoms with Crippen molar-refractivity contribution in [2.75, 3.05) is 19.5 Å². The first-order valence-corrected chi connectivity index (χ1v) is 8.40. The number of carboxylic acids is 1. The molecule has 1 amide bonds. The third-order valence-electron chi connectivity index (χ3n) is 4.17. The van der Waals surface area contributed by atoms with Gasteiger partial charge in [0, 0.05) is 23.6 Å². The molecule has 0 saturated heterocycles. The van der Waals surface area contributed by atoms with E-state index in [-0.39, 0.29) is 17.0 Å². The second kappa shape index (κ2) is 7.87. The van der Waals surface area contributed by atoms with E-state index >= 15 is 0 Å². The molecular weight excluding hydrogens is 362 g/mol. The van der Waals surface area contributed by atoms with Crippen molar-refractivity contribution in [3.8, 4) is 11.5 Å². The summed E-state index contributed by atoms with van der Waals surface area (Å²) in [4.78, 5) is 24.0. The molecule has 7 nitrogen and oxygen atoms in total. The molecule has 1 heterocycles. The van der Waals surface area contributed by atoms with E-state index < -0.39 is 11.9 Å². The van der Waals surface area contributed by atoms with Crippen LogP contribution in [0.4, 0.5) is 5.69 Å². The molecule has 0 unspecified atom stereocenters. The van der Waals surface area contributed by atoms with E-state index in [1.165, 1.54) is 32.4 Å². The maximum atomic E-state index is 12.4. The Morgan fingerprint density at radius 2 is 1.75 bits per heavy atom. The Bertz CT molecular complexity index is 1050. The number of hydrogen-bond acceptors (Lipinski definition) is 5. The van der Waals surface area contributed by atoms with Gasteiger partial charge in [-0.1, -0.05) is 18.2 Å². The zero-order valence-corrected chi connectivity index (χ0v) is 15.6. The molecule has 7 heteroatoms. The molecule has 0 aliphatic carbocycles.